The zero-order valence-corrected chi connectivity index (χ0v) is 13.7. The average molecular weight is 334 g/mol. The molecule has 0 aromatic heterocycles. The van der Waals surface area contributed by atoms with Gasteiger partial charge in [0.2, 0.25) is 0 Å². The van der Waals surface area contributed by atoms with Gasteiger partial charge in [0.1, 0.15) is 12.4 Å². The van der Waals surface area contributed by atoms with Gasteiger partial charge in [-0.2, -0.15) is 0 Å². The lowest BCUT2D eigenvalue weighted by molar-refractivity contribution is 0.300. The molecule has 1 atom stereocenters. The topological polar surface area (TPSA) is 35.2 Å². The number of hydrogen-bond donors (Lipinski definition) is 1. The lowest BCUT2D eigenvalue weighted by Crippen LogP contribution is -2.09. The van der Waals surface area contributed by atoms with Gasteiger partial charge in [-0.25, -0.2) is 0 Å². The van der Waals surface area contributed by atoms with Crippen LogP contribution in [0.2, 0.25) is 0 Å². The Hall–Kier alpha value is -1.32. The van der Waals surface area contributed by atoms with Crippen LogP contribution in [0.25, 0.3) is 0 Å². The molecule has 2 aromatic rings. The molecule has 0 aliphatic heterocycles. The lowest BCUT2D eigenvalue weighted by atomic mass is 10.0. The maximum absolute atomic E-state index is 6.02. The van der Waals surface area contributed by atoms with Crippen LogP contribution in [-0.2, 0) is 6.61 Å². The van der Waals surface area contributed by atoms with Crippen molar-refractivity contribution >= 4 is 15.9 Å². The molecule has 0 unspecified atom stereocenters. The summed E-state index contributed by atoms with van der Waals surface area (Å²) in [5.74, 6) is 0.844. The number of nitrogens with two attached hydrogens (primary N) is 1. The van der Waals surface area contributed by atoms with Crippen LogP contribution < -0.4 is 10.5 Å². The van der Waals surface area contributed by atoms with Crippen LogP contribution in [0.1, 0.15) is 35.2 Å². The van der Waals surface area contributed by atoms with E-state index < -0.39 is 0 Å². The third-order valence-electron chi connectivity index (χ3n) is 3.48. The molecule has 2 N–H and O–H groups in total. The number of ether oxygens (including phenoxy) is 1. The number of rotatable bonds is 4. The van der Waals surface area contributed by atoms with Crippen LogP contribution in [0.4, 0.5) is 0 Å². The normalized spacial score (nSPS) is 12.2. The Kier molecular flexibility index (Phi) is 4.84. The van der Waals surface area contributed by atoms with Crippen LogP contribution in [-0.4, -0.2) is 0 Å². The number of benzene rings is 2. The molecule has 0 saturated heterocycles. The standard InChI is InChI=1S/C17H20BrNO/c1-11-5-4-6-12(2)16(11)10-20-17-9-14(18)7-8-15(17)13(3)19/h4-9,13H,10,19H2,1-3H3/t13-/m1/s1. The molecule has 0 spiro atoms. The van der Waals surface area contributed by atoms with Crippen molar-refractivity contribution in [1.29, 1.82) is 0 Å². The molecule has 0 aliphatic rings. The quantitative estimate of drug-likeness (QED) is 0.882. The summed E-state index contributed by atoms with van der Waals surface area (Å²) in [5, 5.41) is 0. The summed E-state index contributed by atoms with van der Waals surface area (Å²) in [4.78, 5) is 0. The Balaban J connectivity index is 2.25. The van der Waals surface area contributed by atoms with E-state index in [0.717, 1.165) is 15.8 Å². The highest BCUT2D eigenvalue weighted by Gasteiger charge is 2.10. The molecule has 106 valence electrons. The summed E-state index contributed by atoms with van der Waals surface area (Å²) >= 11 is 3.48. The molecule has 0 saturated carbocycles. The zero-order valence-electron chi connectivity index (χ0n) is 12.1. The van der Waals surface area contributed by atoms with Crippen molar-refractivity contribution in [3.63, 3.8) is 0 Å². The second-order valence-corrected chi connectivity index (χ2v) is 6.05. The number of aryl methyl sites for hydroxylation is 2. The second-order valence-electron chi connectivity index (χ2n) is 5.13. The first-order valence-electron chi connectivity index (χ1n) is 6.72. The minimum Gasteiger partial charge on any atom is -0.489 e. The fraction of sp³-hybridized carbons (Fsp3) is 0.294. The molecule has 0 radical (unpaired) electrons. The first-order chi connectivity index (χ1) is 9.49. The molecular weight excluding hydrogens is 314 g/mol. The van der Waals surface area contributed by atoms with Gasteiger partial charge >= 0.3 is 0 Å². The predicted octanol–water partition coefficient (Wildman–Crippen LogP) is 4.66. The maximum Gasteiger partial charge on any atom is 0.125 e. The monoisotopic (exact) mass is 333 g/mol. The van der Waals surface area contributed by atoms with Crippen molar-refractivity contribution in [1.82, 2.24) is 0 Å². The van der Waals surface area contributed by atoms with E-state index in [0.29, 0.717) is 6.61 Å². The van der Waals surface area contributed by atoms with Crippen LogP contribution in [0.5, 0.6) is 5.75 Å². The third-order valence-corrected chi connectivity index (χ3v) is 3.98. The fourth-order valence-corrected chi connectivity index (χ4v) is 2.58. The van der Waals surface area contributed by atoms with Gasteiger partial charge in [0.05, 0.1) is 0 Å². The molecule has 0 bridgehead atoms. The largest absolute Gasteiger partial charge is 0.489 e. The molecule has 0 aliphatic carbocycles. The highest BCUT2D eigenvalue weighted by atomic mass is 79.9. The molecule has 2 aromatic carbocycles. The Morgan fingerprint density at radius 3 is 2.40 bits per heavy atom. The van der Waals surface area contributed by atoms with Crippen molar-refractivity contribution in [3.05, 3.63) is 63.1 Å². The molecular formula is C17H20BrNO. The van der Waals surface area contributed by atoms with E-state index in [4.69, 9.17) is 10.5 Å². The van der Waals surface area contributed by atoms with E-state index in [1.54, 1.807) is 0 Å². The Bertz CT molecular complexity index is 588. The van der Waals surface area contributed by atoms with Crippen molar-refractivity contribution in [3.8, 4) is 5.75 Å². The summed E-state index contributed by atoms with van der Waals surface area (Å²) < 4.78 is 7.02. The van der Waals surface area contributed by atoms with E-state index in [-0.39, 0.29) is 6.04 Å². The van der Waals surface area contributed by atoms with Crippen molar-refractivity contribution < 1.29 is 4.74 Å². The Morgan fingerprint density at radius 2 is 1.80 bits per heavy atom. The molecule has 20 heavy (non-hydrogen) atoms. The van der Waals surface area contributed by atoms with E-state index in [1.165, 1.54) is 16.7 Å². The van der Waals surface area contributed by atoms with Gasteiger partial charge in [-0.1, -0.05) is 40.2 Å². The first kappa shape index (κ1) is 15.1. The Morgan fingerprint density at radius 1 is 1.15 bits per heavy atom. The van der Waals surface area contributed by atoms with Crippen molar-refractivity contribution in [2.75, 3.05) is 0 Å². The van der Waals surface area contributed by atoms with E-state index in [2.05, 4.69) is 48.0 Å². The molecule has 3 heteroatoms. The summed E-state index contributed by atoms with van der Waals surface area (Å²) in [6.45, 7) is 6.75. The first-order valence-corrected chi connectivity index (χ1v) is 7.51. The van der Waals surface area contributed by atoms with E-state index >= 15 is 0 Å². The van der Waals surface area contributed by atoms with Crippen LogP contribution in [0.3, 0.4) is 0 Å². The fourth-order valence-electron chi connectivity index (χ4n) is 2.24. The van der Waals surface area contributed by atoms with Crippen LogP contribution in [0, 0.1) is 13.8 Å². The summed E-state index contributed by atoms with van der Waals surface area (Å²) in [6.07, 6.45) is 0. The molecule has 2 rings (SSSR count). The predicted molar refractivity (Wildman–Crippen MR) is 87.0 cm³/mol. The third kappa shape index (κ3) is 3.41. The van der Waals surface area contributed by atoms with Gasteiger partial charge in [-0.05, 0) is 49.6 Å². The van der Waals surface area contributed by atoms with Gasteiger partial charge in [0, 0.05) is 16.1 Å². The van der Waals surface area contributed by atoms with Crippen molar-refractivity contribution in [2.45, 2.75) is 33.4 Å². The zero-order chi connectivity index (χ0) is 14.7. The highest BCUT2D eigenvalue weighted by molar-refractivity contribution is 9.10. The summed E-state index contributed by atoms with van der Waals surface area (Å²) in [6, 6.07) is 12.2. The smallest absolute Gasteiger partial charge is 0.125 e. The van der Waals surface area contributed by atoms with Crippen LogP contribution >= 0.6 is 15.9 Å². The van der Waals surface area contributed by atoms with Crippen molar-refractivity contribution in [2.24, 2.45) is 5.73 Å². The number of halogens is 1. The lowest BCUT2D eigenvalue weighted by Gasteiger charge is -2.16. The minimum atomic E-state index is -0.0453. The molecule has 0 amide bonds. The number of hydrogen-bond acceptors (Lipinski definition) is 2. The SMILES string of the molecule is Cc1cccc(C)c1COc1cc(Br)ccc1[C@@H](C)N. The van der Waals surface area contributed by atoms with E-state index in [9.17, 15) is 0 Å². The Labute approximate surface area is 129 Å². The average Bonchev–Trinajstić information content (AvgIpc) is 2.37. The van der Waals surface area contributed by atoms with Gasteiger partial charge in [-0.15, -0.1) is 0 Å². The maximum atomic E-state index is 6.02. The highest BCUT2D eigenvalue weighted by Crippen LogP contribution is 2.29. The second kappa shape index (κ2) is 6.42. The summed E-state index contributed by atoms with van der Waals surface area (Å²) in [5.41, 5.74) is 10.8. The molecule has 0 heterocycles. The van der Waals surface area contributed by atoms with Gasteiger partial charge < -0.3 is 10.5 Å². The van der Waals surface area contributed by atoms with Gasteiger partial charge in [0.15, 0.2) is 0 Å². The van der Waals surface area contributed by atoms with Gasteiger partial charge in [0.25, 0.3) is 0 Å². The van der Waals surface area contributed by atoms with Crippen LogP contribution in [0.15, 0.2) is 40.9 Å². The molecule has 0 fully saturated rings. The molecule has 2 nitrogen and oxygen atoms in total. The summed E-state index contributed by atoms with van der Waals surface area (Å²) in [7, 11) is 0. The minimum absolute atomic E-state index is 0.0453. The van der Waals surface area contributed by atoms with E-state index in [1.807, 2.05) is 25.1 Å². The van der Waals surface area contributed by atoms with Gasteiger partial charge in [-0.3, -0.25) is 0 Å².